The number of hydrogen-bond donors (Lipinski definition) is 1. The van der Waals surface area contributed by atoms with E-state index in [0.717, 1.165) is 64.3 Å². The Labute approximate surface area is 150 Å². The van der Waals surface area contributed by atoms with Crippen molar-refractivity contribution < 1.29 is 9.59 Å². The van der Waals surface area contributed by atoms with Gasteiger partial charge in [-0.3, -0.25) is 9.59 Å². The van der Waals surface area contributed by atoms with Crippen LogP contribution in [0.1, 0.15) is 45.4 Å². The van der Waals surface area contributed by atoms with Crippen LogP contribution in [-0.4, -0.2) is 60.9 Å². The first kappa shape index (κ1) is 16.1. The van der Waals surface area contributed by atoms with E-state index in [-0.39, 0.29) is 16.7 Å². The highest BCUT2D eigenvalue weighted by Gasteiger charge is 2.64. The molecule has 5 heteroatoms. The fourth-order valence-electron chi connectivity index (χ4n) is 6.00. The van der Waals surface area contributed by atoms with Crippen molar-refractivity contribution in [3.63, 3.8) is 0 Å². The smallest absolute Gasteiger partial charge is 0.228 e. The molecule has 3 heterocycles. The van der Waals surface area contributed by atoms with Gasteiger partial charge in [-0.1, -0.05) is 6.92 Å². The molecule has 5 aliphatic rings. The number of nitrogens with zero attached hydrogens (tertiary/aromatic N) is 2. The molecule has 0 aromatic heterocycles. The van der Waals surface area contributed by atoms with Gasteiger partial charge in [0, 0.05) is 50.6 Å². The second-order valence-corrected chi connectivity index (χ2v) is 9.63. The zero-order chi connectivity index (χ0) is 17.2. The Kier molecular flexibility index (Phi) is 3.51. The van der Waals surface area contributed by atoms with Crippen LogP contribution >= 0.6 is 0 Å². The van der Waals surface area contributed by atoms with Crippen molar-refractivity contribution in [3.8, 4) is 0 Å². The zero-order valence-corrected chi connectivity index (χ0v) is 15.4. The minimum absolute atomic E-state index is 0.0917. The first-order chi connectivity index (χ1) is 12.0. The Balaban J connectivity index is 1.33. The minimum Gasteiger partial charge on any atom is -0.356 e. The first-order valence-electron chi connectivity index (χ1n) is 10.3. The predicted octanol–water partition coefficient (Wildman–Crippen LogP) is 1.48. The van der Waals surface area contributed by atoms with Gasteiger partial charge in [0.05, 0.1) is 5.41 Å². The molecule has 0 radical (unpaired) electrons. The van der Waals surface area contributed by atoms with E-state index in [4.69, 9.17) is 0 Å². The molecule has 0 aromatic rings. The van der Waals surface area contributed by atoms with Gasteiger partial charge >= 0.3 is 0 Å². The van der Waals surface area contributed by atoms with Crippen molar-refractivity contribution in [2.75, 3.05) is 39.3 Å². The third-order valence-corrected chi connectivity index (χ3v) is 7.98. The van der Waals surface area contributed by atoms with Crippen molar-refractivity contribution in [3.05, 3.63) is 0 Å². The topological polar surface area (TPSA) is 52.7 Å². The predicted molar refractivity (Wildman–Crippen MR) is 94.7 cm³/mol. The molecule has 2 saturated carbocycles. The van der Waals surface area contributed by atoms with Crippen LogP contribution in [0.25, 0.3) is 0 Å². The number of carbonyl (C=O) groups excluding carboxylic acids is 2. The van der Waals surface area contributed by atoms with Gasteiger partial charge in [0.2, 0.25) is 11.8 Å². The number of hydrogen-bond acceptors (Lipinski definition) is 3. The number of carbonyl (C=O) groups is 2. The molecular formula is C20H31N3O2. The van der Waals surface area contributed by atoms with Gasteiger partial charge in [0.1, 0.15) is 0 Å². The third kappa shape index (κ3) is 2.45. The van der Waals surface area contributed by atoms with Crippen molar-refractivity contribution in [1.29, 1.82) is 0 Å². The Morgan fingerprint density at radius 3 is 2.48 bits per heavy atom. The fourth-order valence-corrected chi connectivity index (χ4v) is 6.00. The normalized spacial score (nSPS) is 40.0. The Morgan fingerprint density at radius 2 is 1.92 bits per heavy atom. The van der Waals surface area contributed by atoms with E-state index < -0.39 is 0 Å². The van der Waals surface area contributed by atoms with Crippen LogP contribution in [-0.2, 0) is 9.59 Å². The summed E-state index contributed by atoms with van der Waals surface area (Å²) < 4.78 is 0. The van der Waals surface area contributed by atoms with Gasteiger partial charge in [0.25, 0.3) is 0 Å². The highest BCUT2D eigenvalue weighted by atomic mass is 16.2. The molecule has 0 unspecified atom stereocenters. The zero-order valence-electron chi connectivity index (χ0n) is 15.4. The van der Waals surface area contributed by atoms with Gasteiger partial charge in [-0.2, -0.15) is 0 Å². The lowest BCUT2D eigenvalue weighted by atomic mass is 9.60. The number of fused-ring (bicyclic) bond motifs is 1. The molecule has 25 heavy (non-hydrogen) atoms. The monoisotopic (exact) mass is 345 g/mol. The number of piperidine rings is 1. The molecule has 3 aliphatic heterocycles. The third-order valence-electron chi connectivity index (χ3n) is 7.98. The minimum atomic E-state index is -0.191. The molecule has 1 N–H and O–H groups in total. The molecule has 2 amide bonds. The number of rotatable bonds is 3. The molecular weight excluding hydrogens is 314 g/mol. The van der Waals surface area contributed by atoms with Crippen molar-refractivity contribution in [1.82, 2.24) is 15.1 Å². The van der Waals surface area contributed by atoms with Crippen molar-refractivity contribution in [2.24, 2.45) is 28.6 Å². The van der Waals surface area contributed by atoms with Crippen LogP contribution in [0.3, 0.4) is 0 Å². The summed E-state index contributed by atoms with van der Waals surface area (Å²) >= 11 is 0. The summed E-state index contributed by atoms with van der Waals surface area (Å²) in [6.07, 6.45) is 6.81. The van der Waals surface area contributed by atoms with Crippen molar-refractivity contribution in [2.45, 2.75) is 45.4 Å². The van der Waals surface area contributed by atoms with Crippen LogP contribution in [0.5, 0.6) is 0 Å². The average Bonchev–Trinajstić information content (AvgIpc) is 3.49. The van der Waals surface area contributed by atoms with E-state index in [1.807, 2.05) is 0 Å². The SMILES string of the molecule is C[C@@H]1C[C@@H]1C(=O)N1CCC2(CC1)CN(CC1CC1)C[C@@]21CCNC1=O. The summed E-state index contributed by atoms with van der Waals surface area (Å²) in [4.78, 5) is 30.2. The maximum absolute atomic E-state index is 12.9. The molecule has 5 fully saturated rings. The molecule has 0 bridgehead atoms. The van der Waals surface area contributed by atoms with E-state index in [0.29, 0.717) is 17.7 Å². The lowest BCUT2D eigenvalue weighted by Crippen LogP contribution is -2.53. The maximum Gasteiger partial charge on any atom is 0.228 e. The van der Waals surface area contributed by atoms with E-state index in [1.54, 1.807) is 0 Å². The summed E-state index contributed by atoms with van der Waals surface area (Å²) in [6.45, 7) is 7.92. The summed E-state index contributed by atoms with van der Waals surface area (Å²) in [6, 6.07) is 0. The van der Waals surface area contributed by atoms with Gasteiger partial charge in [-0.15, -0.1) is 0 Å². The quantitative estimate of drug-likeness (QED) is 0.843. The summed E-state index contributed by atoms with van der Waals surface area (Å²) in [5.74, 6) is 2.40. The summed E-state index contributed by atoms with van der Waals surface area (Å²) in [7, 11) is 0. The summed E-state index contributed by atoms with van der Waals surface area (Å²) in [5.41, 5.74) is -0.0989. The average molecular weight is 345 g/mol. The number of likely N-dealkylation sites (tertiary alicyclic amines) is 2. The second-order valence-electron chi connectivity index (χ2n) is 9.63. The van der Waals surface area contributed by atoms with Crippen LogP contribution in [0.4, 0.5) is 0 Å². The Morgan fingerprint density at radius 1 is 1.20 bits per heavy atom. The molecule has 5 rings (SSSR count). The van der Waals surface area contributed by atoms with E-state index in [2.05, 4.69) is 22.0 Å². The molecule has 0 aromatic carbocycles. The van der Waals surface area contributed by atoms with Gasteiger partial charge < -0.3 is 15.1 Å². The Hall–Kier alpha value is -1.10. The first-order valence-corrected chi connectivity index (χ1v) is 10.3. The van der Waals surface area contributed by atoms with E-state index in [9.17, 15) is 9.59 Å². The number of amides is 2. The molecule has 5 nitrogen and oxygen atoms in total. The Bertz CT molecular complexity index is 594. The van der Waals surface area contributed by atoms with Gasteiger partial charge in [-0.05, 0) is 50.4 Å². The van der Waals surface area contributed by atoms with Crippen molar-refractivity contribution >= 4 is 11.8 Å². The molecule has 3 saturated heterocycles. The van der Waals surface area contributed by atoms with E-state index >= 15 is 0 Å². The molecule has 138 valence electrons. The standard InChI is InChI=1S/C20H31N3O2/c1-14-10-16(14)17(24)23-8-5-19(6-9-23)12-22(11-15-2-3-15)13-20(19)4-7-21-18(20)25/h14-16H,2-13H2,1H3,(H,21,25)/t14-,16+,20-/m1/s1. The molecule has 2 aliphatic carbocycles. The van der Waals surface area contributed by atoms with Crippen LogP contribution in [0.2, 0.25) is 0 Å². The highest BCUT2D eigenvalue weighted by Crippen LogP contribution is 2.57. The highest BCUT2D eigenvalue weighted by molar-refractivity contribution is 5.87. The fraction of sp³-hybridized carbons (Fsp3) is 0.900. The second kappa shape index (κ2) is 5.45. The van der Waals surface area contributed by atoms with E-state index in [1.165, 1.54) is 19.4 Å². The van der Waals surface area contributed by atoms with Crippen LogP contribution in [0, 0.1) is 28.6 Å². The lowest BCUT2D eigenvalue weighted by Gasteiger charge is -2.46. The number of nitrogens with one attached hydrogen (secondary N) is 1. The van der Waals surface area contributed by atoms with Gasteiger partial charge in [0.15, 0.2) is 0 Å². The summed E-state index contributed by atoms with van der Waals surface area (Å²) in [5, 5.41) is 3.14. The maximum atomic E-state index is 12.9. The van der Waals surface area contributed by atoms with Gasteiger partial charge in [-0.25, -0.2) is 0 Å². The van der Waals surface area contributed by atoms with Crippen LogP contribution in [0.15, 0.2) is 0 Å². The molecule has 3 atom stereocenters. The lowest BCUT2D eigenvalue weighted by molar-refractivity contribution is -0.139. The van der Waals surface area contributed by atoms with Crippen LogP contribution < -0.4 is 5.32 Å². The molecule has 2 spiro atoms. The largest absolute Gasteiger partial charge is 0.356 e.